The van der Waals surface area contributed by atoms with Crippen LogP contribution in [0.4, 0.5) is 5.13 Å². The summed E-state index contributed by atoms with van der Waals surface area (Å²) in [4.78, 5) is 22.4. The van der Waals surface area contributed by atoms with Crippen LogP contribution in [0.1, 0.15) is 23.2 Å². The second-order valence-corrected chi connectivity index (χ2v) is 8.94. The Morgan fingerprint density at radius 3 is 2.52 bits per heavy atom. The Kier molecular flexibility index (Phi) is 4.70. The van der Waals surface area contributed by atoms with Gasteiger partial charge >= 0.3 is 0 Å². The van der Waals surface area contributed by atoms with Crippen molar-refractivity contribution < 1.29 is 14.3 Å². The van der Waals surface area contributed by atoms with Crippen molar-refractivity contribution in [3.8, 4) is 11.5 Å². The number of likely N-dealkylation sites (tertiary alicyclic amines) is 1. The van der Waals surface area contributed by atoms with Gasteiger partial charge in [0, 0.05) is 44.1 Å². The van der Waals surface area contributed by atoms with Gasteiger partial charge in [-0.15, -0.1) is 0 Å². The van der Waals surface area contributed by atoms with Gasteiger partial charge in [0.2, 0.25) is 0 Å². The van der Waals surface area contributed by atoms with Crippen molar-refractivity contribution >= 4 is 34.5 Å². The molecule has 1 amide bonds. The maximum Gasteiger partial charge on any atom is 0.257 e. The van der Waals surface area contributed by atoms with Crippen LogP contribution in [0.5, 0.6) is 11.5 Å². The predicted molar refractivity (Wildman–Crippen MR) is 114 cm³/mol. The lowest BCUT2D eigenvalue weighted by atomic mass is 10.0. The van der Waals surface area contributed by atoms with Crippen LogP contribution in [0, 0.1) is 11.8 Å². The topological polar surface area (TPSA) is 54.9 Å². The van der Waals surface area contributed by atoms with Crippen molar-refractivity contribution in [3.05, 3.63) is 33.6 Å². The van der Waals surface area contributed by atoms with Gasteiger partial charge in [0.25, 0.3) is 5.91 Å². The van der Waals surface area contributed by atoms with Crippen molar-refractivity contribution in [1.29, 1.82) is 0 Å². The number of aromatic nitrogens is 1. The smallest absolute Gasteiger partial charge is 0.257 e. The summed E-state index contributed by atoms with van der Waals surface area (Å²) in [5, 5.41) is 2.28. The molecule has 0 radical (unpaired) electrons. The molecule has 3 aliphatic rings. The van der Waals surface area contributed by atoms with E-state index in [1.165, 1.54) is 4.53 Å². The highest BCUT2D eigenvalue weighted by Crippen LogP contribution is 2.35. The molecule has 2 saturated heterocycles. The fourth-order valence-corrected chi connectivity index (χ4v) is 5.71. The molecular weight excluding hydrogens is 386 g/mol. The van der Waals surface area contributed by atoms with E-state index in [9.17, 15) is 4.79 Å². The lowest BCUT2D eigenvalue weighted by Crippen LogP contribution is -2.33. The summed E-state index contributed by atoms with van der Waals surface area (Å²) in [5.74, 6) is 2.29. The van der Waals surface area contributed by atoms with E-state index in [1.54, 1.807) is 37.7 Å². The second-order valence-electron chi connectivity index (χ2n) is 7.93. The normalized spacial score (nSPS) is 22.6. The summed E-state index contributed by atoms with van der Waals surface area (Å²) in [6.07, 6.45) is 6.75. The summed E-state index contributed by atoms with van der Waals surface area (Å²) < 4.78 is 12.0. The van der Waals surface area contributed by atoms with E-state index < -0.39 is 0 Å². The second kappa shape index (κ2) is 7.37. The molecule has 0 spiro atoms. The number of carbonyl (C=O) groups is 1. The fraction of sp³-hybridized carbons (Fsp3) is 0.455. The molecule has 0 bridgehead atoms. The highest BCUT2D eigenvalue weighted by atomic mass is 32.1. The molecule has 5 rings (SSSR count). The lowest BCUT2D eigenvalue weighted by Gasteiger charge is -2.22. The highest BCUT2D eigenvalue weighted by Gasteiger charge is 2.42. The van der Waals surface area contributed by atoms with E-state index in [4.69, 9.17) is 14.5 Å². The summed E-state index contributed by atoms with van der Waals surface area (Å²) >= 11 is 1.80. The van der Waals surface area contributed by atoms with Gasteiger partial charge in [0.05, 0.1) is 29.7 Å². The van der Waals surface area contributed by atoms with Crippen LogP contribution in [0.25, 0.3) is 12.2 Å². The number of carbonyl (C=O) groups excluding carboxylic acids is 1. The molecule has 152 valence electrons. The summed E-state index contributed by atoms with van der Waals surface area (Å²) in [6, 6.07) is 5.38. The lowest BCUT2D eigenvalue weighted by molar-refractivity contribution is 0.0779. The number of thiazole rings is 1. The number of anilines is 1. The minimum absolute atomic E-state index is 0.0411. The molecule has 0 N–H and O–H groups in total. The standard InChI is InChI=1S/C22H25N3O3S/c1-27-16-7-8-17(19(9-16)28-2)21(26)24-10-14-12-25(13-15(14)11-24)22-23-18-5-3-4-6-20(18)29-22/h5-9,14-15H,3-4,10-13H2,1-2H3. The molecule has 7 heteroatoms. The first-order chi connectivity index (χ1) is 14.2. The molecular formula is C22H25N3O3S. The quantitative estimate of drug-likeness (QED) is 0.767. The van der Waals surface area contributed by atoms with Crippen molar-refractivity contribution in [2.24, 2.45) is 11.8 Å². The Morgan fingerprint density at radius 2 is 1.83 bits per heavy atom. The third-order valence-electron chi connectivity index (χ3n) is 6.19. The molecule has 0 saturated carbocycles. The minimum Gasteiger partial charge on any atom is -0.497 e. The molecule has 2 fully saturated rings. The number of nitrogens with zero attached hydrogens (tertiary/aromatic N) is 3. The van der Waals surface area contributed by atoms with Gasteiger partial charge in [-0.05, 0) is 25.0 Å². The fourth-order valence-electron chi connectivity index (χ4n) is 4.65. The first-order valence-corrected chi connectivity index (χ1v) is 10.9. The number of methoxy groups -OCH3 is 2. The zero-order valence-corrected chi connectivity index (χ0v) is 17.6. The van der Waals surface area contributed by atoms with Crippen LogP contribution in [0.3, 0.4) is 0 Å². The number of hydrogen-bond donors (Lipinski definition) is 0. The van der Waals surface area contributed by atoms with Crippen molar-refractivity contribution in [2.45, 2.75) is 12.8 Å². The van der Waals surface area contributed by atoms with Crippen molar-refractivity contribution in [3.63, 3.8) is 0 Å². The number of ether oxygens (including phenoxy) is 2. The Bertz CT molecular complexity index is 1020. The number of rotatable bonds is 4. The molecule has 1 aromatic carbocycles. The van der Waals surface area contributed by atoms with E-state index in [-0.39, 0.29) is 5.91 Å². The average molecular weight is 412 g/mol. The molecule has 2 atom stereocenters. The molecule has 1 aliphatic carbocycles. The van der Waals surface area contributed by atoms with Gasteiger partial charge in [0.15, 0.2) is 5.13 Å². The van der Waals surface area contributed by atoms with E-state index in [1.807, 2.05) is 11.0 Å². The number of hydrogen-bond acceptors (Lipinski definition) is 6. The van der Waals surface area contributed by atoms with E-state index >= 15 is 0 Å². The van der Waals surface area contributed by atoms with Crippen LogP contribution in [0.2, 0.25) is 0 Å². The number of amides is 1. The average Bonchev–Trinajstić information content (AvgIpc) is 3.45. The molecule has 6 nitrogen and oxygen atoms in total. The number of fused-ring (bicyclic) bond motifs is 2. The third kappa shape index (κ3) is 3.27. The van der Waals surface area contributed by atoms with E-state index in [0.29, 0.717) is 28.9 Å². The zero-order valence-electron chi connectivity index (χ0n) is 16.8. The maximum absolute atomic E-state index is 13.1. The van der Waals surface area contributed by atoms with E-state index in [2.05, 4.69) is 17.1 Å². The first kappa shape index (κ1) is 18.5. The molecule has 2 unspecified atom stereocenters. The Labute approximate surface area is 174 Å². The maximum atomic E-state index is 13.1. The molecule has 2 aliphatic heterocycles. The van der Waals surface area contributed by atoms with Gasteiger partial charge in [-0.1, -0.05) is 23.5 Å². The van der Waals surface area contributed by atoms with Crippen LogP contribution in [-0.2, 0) is 0 Å². The minimum atomic E-state index is 0.0411. The van der Waals surface area contributed by atoms with Gasteiger partial charge in [-0.2, -0.15) is 0 Å². The largest absolute Gasteiger partial charge is 0.497 e. The van der Waals surface area contributed by atoms with Gasteiger partial charge in [0.1, 0.15) is 11.5 Å². The van der Waals surface area contributed by atoms with Gasteiger partial charge < -0.3 is 19.3 Å². The van der Waals surface area contributed by atoms with Crippen molar-refractivity contribution in [1.82, 2.24) is 9.88 Å². The highest BCUT2D eigenvalue weighted by molar-refractivity contribution is 7.13. The summed E-state index contributed by atoms with van der Waals surface area (Å²) in [7, 11) is 3.20. The Balaban J connectivity index is 1.29. The molecule has 29 heavy (non-hydrogen) atoms. The molecule has 2 aromatic rings. The van der Waals surface area contributed by atoms with E-state index in [0.717, 1.165) is 49.5 Å². The first-order valence-electron chi connectivity index (χ1n) is 10.1. The monoisotopic (exact) mass is 411 g/mol. The van der Waals surface area contributed by atoms with Gasteiger partial charge in [-0.3, -0.25) is 4.79 Å². The van der Waals surface area contributed by atoms with Crippen LogP contribution in [-0.4, -0.2) is 56.2 Å². The SMILES string of the molecule is COc1ccc(C(=O)N2CC3CN(c4nc5c(s4)=CCCC=5)CC3C2)c(OC)c1. The Hall–Kier alpha value is -2.54. The summed E-state index contributed by atoms with van der Waals surface area (Å²) in [5.41, 5.74) is 0.601. The molecule has 1 aromatic heterocycles. The molecule has 3 heterocycles. The van der Waals surface area contributed by atoms with Crippen LogP contribution >= 0.6 is 11.3 Å². The van der Waals surface area contributed by atoms with Crippen LogP contribution < -0.4 is 24.3 Å². The van der Waals surface area contributed by atoms with Gasteiger partial charge in [-0.25, -0.2) is 4.98 Å². The third-order valence-corrected chi connectivity index (χ3v) is 7.31. The zero-order chi connectivity index (χ0) is 20.0. The number of benzene rings is 1. The summed E-state index contributed by atoms with van der Waals surface area (Å²) in [6.45, 7) is 3.53. The van der Waals surface area contributed by atoms with Crippen molar-refractivity contribution in [2.75, 3.05) is 45.3 Å². The Morgan fingerprint density at radius 1 is 1.07 bits per heavy atom. The predicted octanol–water partition coefficient (Wildman–Crippen LogP) is 1.72. The van der Waals surface area contributed by atoms with Crippen LogP contribution in [0.15, 0.2) is 18.2 Å².